The first-order chi connectivity index (χ1) is 10.5. The van der Waals surface area contributed by atoms with Crippen molar-refractivity contribution >= 4 is 34.6 Å². The molecule has 1 N–H and O–H groups in total. The summed E-state index contributed by atoms with van der Waals surface area (Å²) in [7, 11) is 3.76. The SMILES string of the molecule is CCOc1ccccc1NC(=S)N(C)Cc1c(Cl)cnn1C. The zero-order valence-electron chi connectivity index (χ0n) is 12.8. The second-order valence-corrected chi connectivity index (χ2v) is 5.57. The lowest BCUT2D eigenvalue weighted by Gasteiger charge is -2.22. The van der Waals surface area contributed by atoms with E-state index >= 15 is 0 Å². The quantitative estimate of drug-likeness (QED) is 0.847. The zero-order chi connectivity index (χ0) is 16.1. The van der Waals surface area contributed by atoms with Crippen molar-refractivity contribution < 1.29 is 4.74 Å². The van der Waals surface area contributed by atoms with Gasteiger partial charge in [0.25, 0.3) is 0 Å². The Hall–Kier alpha value is -1.79. The second-order valence-electron chi connectivity index (χ2n) is 4.78. The van der Waals surface area contributed by atoms with Crippen molar-refractivity contribution in [2.75, 3.05) is 19.0 Å². The monoisotopic (exact) mass is 338 g/mol. The maximum absolute atomic E-state index is 6.13. The summed E-state index contributed by atoms with van der Waals surface area (Å²) >= 11 is 11.6. The summed E-state index contributed by atoms with van der Waals surface area (Å²) in [6, 6.07) is 7.71. The molecule has 0 radical (unpaired) electrons. The lowest BCUT2D eigenvalue weighted by molar-refractivity contribution is 0.342. The number of para-hydroxylation sites is 2. The highest BCUT2D eigenvalue weighted by Gasteiger charge is 2.13. The van der Waals surface area contributed by atoms with Gasteiger partial charge >= 0.3 is 0 Å². The fraction of sp³-hybridized carbons (Fsp3) is 0.333. The van der Waals surface area contributed by atoms with Crippen molar-refractivity contribution in [1.29, 1.82) is 0 Å². The van der Waals surface area contributed by atoms with E-state index in [-0.39, 0.29) is 0 Å². The van der Waals surface area contributed by atoms with Crippen LogP contribution in [0, 0.1) is 0 Å². The van der Waals surface area contributed by atoms with Gasteiger partial charge in [-0.3, -0.25) is 4.68 Å². The van der Waals surface area contributed by atoms with Crippen molar-refractivity contribution in [3.8, 4) is 5.75 Å². The van der Waals surface area contributed by atoms with Gasteiger partial charge < -0.3 is 15.0 Å². The maximum atomic E-state index is 6.13. The molecular weight excluding hydrogens is 320 g/mol. The number of ether oxygens (including phenoxy) is 1. The largest absolute Gasteiger partial charge is 0.492 e. The zero-order valence-corrected chi connectivity index (χ0v) is 14.4. The molecule has 0 unspecified atom stereocenters. The fourth-order valence-electron chi connectivity index (χ4n) is 1.97. The van der Waals surface area contributed by atoms with Crippen LogP contribution < -0.4 is 10.1 Å². The van der Waals surface area contributed by atoms with Crippen LogP contribution in [0.3, 0.4) is 0 Å². The Morgan fingerprint density at radius 3 is 2.82 bits per heavy atom. The number of hydrogen-bond acceptors (Lipinski definition) is 3. The minimum absolute atomic E-state index is 0.567. The molecule has 0 saturated carbocycles. The highest BCUT2D eigenvalue weighted by Crippen LogP contribution is 2.24. The van der Waals surface area contributed by atoms with E-state index in [0.717, 1.165) is 17.1 Å². The van der Waals surface area contributed by atoms with E-state index < -0.39 is 0 Å². The van der Waals surface area contributed by atoms with Crippen molar-refractivity contribution in [2.24, 2.45) is 7.05 Å². The number of nitrogens with zero attached hydrogens (tertiary/aromatic N) is 3. The molecule has 0 bridgehead atoms. The van der Waals surface area contributed by atoms with Gasteiger partial charge in [-0.15, -0.1) is 0 Å². The predicted molar refractivity (Wildman–Crippen MR) is 93.5 cm³/mol. The number of benzene rings is 1. The van der Waals surface area contributed by atoms with Gasteiger partial charge in [0.1, 0.15) is 5.75 Å². The molecule has 118 valence electrons. The highest BCUT2D eigenvalue weighted by molar-refractivity contribution is 7.80. The standard InChI is InChI=1S/C15H19ClN4OS/c1-4-21-14-8-6-5-7-12(14)18-15(22)19(2)10-13-11(16)9-17-20(13)3/h5-9H,4,10H2,1-3H3,(H,18,22). The molecule has 0 atom stereocenters. The Labute approximate surface area is 140 Å². The molecule has 1 heterocycles. The topological polar surface area (TPSA) is 42.3 Å². The van der Waals surface area contributed by atoms with Crippen molar-refractivity contribution in [2.45, 2.75) is 13.5 Å². The molecule has 5 nitrogen and oxygen atoms in total. The first-order valence-electron chi connectivity index (χ1n) is 6.93. The average molecular weight is 339 g/mol. The van der Waals surface area contributed by atoms with Gasteiger partial charge in [0.05, 0.1) is 35.8 Å². The van der Waals surface area contributed by atoms with Gasteiger partial charge in [-0.2, -0.15) is 5.10 Å². The van der Waals surface area contributed by atoms with Crippen LogP contribution in [-0.4, -0.2) is 33.4 Å². The number of nitrogens with one attached hydrogen (secondary N) is 1. The minimum Gasteiger partial charge on any atom is -0.492 e. The Bertz CT molecular complexity index is 639. The lowest BCUT2D eigenvalue weighted by Crippen LogP contribution is -2.31. The van der Waals surface area contributed by atoms with Gasteiger partial charge in [0.15, 0.2) is 5.11 Å². The minimum atomic E-state index is 0.567. The summed E-state index contributed by atoms with van der Waals surface area (Å²) in [5.74, 6) is 0.777. The molecule has 0 fully saturated rings. The van der Waals surface area contributed by atoms with E-state index in [2.05, 4.69) is 10.4 Å². The Balaban J connectivity index is 2.06. The molecule has 22 heavy (non-hydrogen) atoms. The van der Waals surface area contributed by atoms with Crippen molar-refractivity contribution in [3.05, 3.63) is 41.2 Å². The summed E-state index contributed by atoms with van der Waals surface area (Å²) in [6.45, 7) is 3.12. The molecule has 0 amide bonds. The Morgan fingerprint density at radius 1 is 1.45 bits per heavy atom. The molecule has 7 heteroatoms. The molecular formula is C15H19ClN4OS. The number of aryl methyl sites for hydroxylation is 1. The Morgan fingerprint density at radius 2 is 2.18 bits per heavy atom. The smallest absolute Gasteiger partial charge is 0.173 e. The summed E-state index contributed by atoms with van der Waals surface area (Å²) in [4.78, 5) is 1.90. The normalized spacial score (nSPS) is 10.4. The van der Waals surface area contributed by atoms with E-state index in [1.54, 1.807) is 10.9 Å². The summed E-state index contributed by atoms with van der Waals surface area (Å²) in [6.07, 6.45) is 1.63. The third-order valence-corrected chi connectivity index (χ3v) is 3.90. The van der Waals surface area contributed by atoms with Crippen LogP contribution in [0.25, 0.3) is 0 Å². The molecule has 0 aliphatic carbocycles. The van der Waals surface area contributed by atoms with Gasteiger partial charge in [0.2, 0.25) is 0 Å². The Kier molecular flexibility index (Phi) is 5.63. The predicted octanol–water partition coefficient (Wildman–Crippen LogP) is 3.30. The number of rotatable bonds is 5. The maximum Gasteiger partial charge on any atom is 0.173 e. The van der Waals surface area contributed by atoms with Crippen LogP contribution in [0.15, 0.2) is 30.5 Å². The number of hydrogen-bond donors (Lipinski definition) is 1. The summed E-state index contributed by atoms with van der Waals surface area (Å²) in [5, 5.41) is 8.55. The van der Waals surface area contributed by atoms with Gasteiger partial charge in [-0.05, 0) is 31.3 Å². The summed E-state index contributed by atoms with van der Waals surface area (Å²) < 4.78 is 7.33. The van der Waals surface area contributed by atoms with Crippen LogP contribution in [-0.2, 0) is 13.6 Å². The third kappa shape index (κ3) is 3.90. The van der Waals surface area contributed by atoms with Gasteiger partial charge in [0, 0.05) is 14.1 Å². The van der Waals surface area contributed by atoms with Gasteiger partial charge in [-0.1, -0.05) is 23.7 Å². The average Bonchev–Trinajstić information content (AvgIpc) is 2.81. The molecule has 0 aliphatic heterocycles. The first kappa shape index (κ1) is 16.6. The molecule has 1 aromatic heterocycles. The van der Waals surface area contributed by atoms with E-state index in [4.69, 9.17) is 28.6 Å². The van der Waals surface area contributed by atoms with Crippen LogP contribution in [0.2, 0.25) is 5.02 Å². The number of aromatic nitrogens is 2. The molecule has 0 spiro atoms. The number of halogens is 1. The van der Waals surface area contributed by atoms with E-state index in [0.29, 0.717) is 23.3 Å². The number of anilines is 1. The molecule has 2 aromatic rings. The van der Waals surface area contributed by atoms with E-state index in [9.17, 15) is 0 Å². The molecule has 1 aromatic carbocycles. The lowest BCUT2D eigenvalue weighted by atomic mass is 10.3. The van der Waals surface area contributed by atoms with Gasteiger partial charge in [-0.25, -0.2) is 0 Å². The molecule has 0 saturated heterocycles. The van der Waals surface area contributed by atoms with E-state index in [1.807, 2.05) is 50.2 Å². The molecule has 2 rings (SSSR count). The van der Waals surface area contributed by atoms with Crippen molar-refractivity contribution in [3.63, 3.8) is 0 Å². The molecule has 0 aliphatic rings. The highest BCUT2D eigenvalue weighted by atomic mass is 35.5. The summed E-state index contributed by atoms with van der Waals surface area (Å²) in [5.41, 5.74) is 1.75. The van der Waals surface area contributed by atoms with Crippen LogP contribution in [0.4, 0.5) is 5.69 Å². The fourth-order valence-corrected chi connectivity index (χ4v) is 2.37. The first-order valence-corrected chi connectivity index (χ1v) is 7.71. The third-order valence-electron chi connectivity index (χ3n) is 3.17. The number of thiocarbonyl (C=S) groups is 1. The van der Waals surface area contributed by atoms with Crippen LogP contribution in [0.5, 0.6) is 5.75 Å². The second kappa shape index (κ2) is 7.47. The van der Waals surface area contributed by atoms with Crippen LogP contribution >= 0.6 is 23.8 Å². The van der Waals surface area contributed by atoms with Crippen LogP contribution in [0.1, 0.15) is 12.6 Å². The van der Waals surface area contributed by atoms with E-state index in [1.165, 1.54) is 0 Å². The van der Waals surface area contributed by atoms with Crippen molar-refractivity contribution in [1.82, 2.24) is 14.7 Å².